The van der Waals surface area contributed by atoms with E-state index in [1.807, 2.05) is 25.1 Å². The molecule has 146 valence electrons. The zero-order chi connectivity index (χ0) is 20.3. The molecule has 0 radical (unpaired) electrons. The van der Waals surface area contributed by atoms with Gasteiger partial charge in [0.2, 0.25) is 11.8 Å². The molecule has 1 saturated carbocycles. The fourth-order valence-electron chi connectivity index (χ4n) is 3.69. The van der Waals surface area contributed by atoms with Gasteiger partial charge < -0.3 is 16.4 Å². The van der Waals surface area contributed by atoms with Crippen LogP contribution in [-0.2, 0) is 16.0 Å². The van der Waals surface area contributed by atoms with E-state index in [0.717, 1.165) is 27.8 Å². The molecule has 0 spiro atoms. The van der Waals surface area contributed by atoms with Crippen molar-refractivity contribution in [2.24, 2.45) is 5.92 Å². The van der Waals surface area contributed by atoms with Gasteiger partial charge in [-0.25, -0.2) is 14.4 Å². The molecule has 1 fully saturated rings. The molecule has 3 aromatic rings. The van der Waals surface area contributed by atoms with Crippen molar-refractivity contribution in [1.82, 2.24) is 9.97 Å². The van der Waals surface area contributed by atoms with E-state index < -0.39 is 12.1 Å². The van der Waals surface area contributed by atoms with Crippen LogP contribution >= 0.6 is 0 Å². The first-order valence-electron chi connectivity index (χ1n) is 9.34. The van der Waals surface area contributed by atoms with Crippen LogP contribution in [0.25, 0.3) is 22.0 Å². The summed E-state index contributed by atoms with van der Waals surface area (Å²) in [5.41, 5.74) is 10.4. The second-order valence-electron chi connectivity index (χ2n) is 7.58. The standard InChI is InChI=1S/C21H18FN5O2/c1-9-2-16-11(6-19(28)25-16)3-12(9)17-4-10-5-18(24-8-14(10)20(23)26-17)27-21(29)13-7-15(13)22/h2-5,8,13,15H,6-7H2,1H3,(H2,23,26)(H,25,28)(H,24,27,29)/t13-,15+/m1/s1. The van der Waals surface area contributed by atoms with E-state index in [9.17, 15) is 14.0 Å². The van der Waals surface area contributed by atoms with Crippen LogP contribution in [0.5, 0.6) is 0 Å². The van der Waals surface area contributed by atoms with Crippen molar-refractivity contribution in [3.8, 4) is 11.3 Å². The Morgan fingerprint density at radius 1 is 1.31 bits per heavy atom. The van der Waals surface area contributed by atoms with E-state index in [1.165, 1.54) is 0 Å². The first kappa shape index (κ1) is 17.5. The van der Waals surface area contributed by atoms with Crippen molar-refractivity contribution < 1.29 is 14.0 Å². The lowest BCUT2D eigenvalue weighted by atomic mass is 9.99. The highest BCUT2D eigenvalue weighted by molar-refractivity contribution is 6.01. The number of aryl methyl sites for hydroxylation is 1. The molecule has 4 N–H and O–H groups in total. The largest absolute Gasteiger partial charge is 0.383 e. The molecular formula is C21H18FN5O2. The van der Waals surface area contributed by atoms with Crippen LogP contribution in [0.4, 0.5) is 21.7 Å². The van der Waals surface area contributed by atoms with Gasteiger partial charge in [-0.3, -0.25) is 9.59 Å². The van der Waals surface area contributed by atoms with Crippen LogP contribution < -0.4 is 16.4 Å². The summed E-state index contributed by atoms with van der Waals surface area (Å²) in [6, 6.07) is 7.46. The van der Waals surface area contributed by atoms with Gasteiger partial charge in [-0.2, -0.15) is 0 Å². The minimum atomic E-state index is -1.06. The van der Waals surface area contributed by atoms with E-state index in [0.29, 0.717) is 29.1 Å². The number of benzene rings is 1. The van der Waals surface area contributed by atoms with Gasteiger partial charge in [0.15, 0.2) is 0 Å². The van der Waals surface area contributed by atoms with Gasteiger partial charge in [0.1, 0.15) is 17.8 Å². The van der Waals surface area contributed by atoms with Crippen molar-refractivity contribution in [3.63, 3.8) is 0 Å². The van der Waals surface area contributed by atoms with Gasteiger partial charge in [-0.1, -0.05) is 0 Å². The molecule has 0 saturated heterocycles. The van der Waals surface area contributed by atoms with Crippen LogP contribution in [0.3, 0.4) is 0 Å². The van der Waals surface area contributed by atoms with Gasteiger partial charge in [0, 0.05) is 22.8 Å². The third-order valence-electron chi connectivity index (χ3n) is 5.40. The summed E-state index contributed by atoms with van der Waals surface area (Å²) < 4.78 is 13.1. The Balaban J connectivity index is 1.54. The number of amides is 2. The third kappa shape index (κ3) is 3.06. The molecule has 2 aromatic heterocycles. The number of fused-ring (bicyclic) bond motifs is 2. The molecular weight excluding hydrogens is 373 g/mol. The number of rotatable bonds is 3. The first-order chi connectivity index (χ1) is 13.9. The smallest absolute Gasteiger partial charge is 0.231 e. The number of anilines is 3. The molecule has 1 aliphatic carbocycles. The summed E-state index contributed by atoms with van der Waals surface area (Å²) >= 11 is 0. The summed E-state index contributed by atoms with van der Waals surface area (Å²) in [6.45, 7) is 1.95. The van der Waals surface area contributed by atoms with Gasteiger partial charge in [-0.05, 0) is 54.1 Å². The topological polar surface area (TPSA) is 110 Å². The monoisotopic (exact) mass is 391 g/mol. The van der Waals surface area contributed by atoms with Gasteiger partial charge in [0.25, 0.3) is 0 Å². The number of nitrogens with one attached hydrogen (secondary N) is 2. The molecule has 8 heteroatoms. The molecule has 29 heavy (non-hydrogen) atoms. The van der Waals surface area contributed by atoms with Crippen molar-refractivity contribution in [2.75, 3.05) is 16.4 Å². The summed E-state index contributed by atoms with van der Waals surface area (Å²) in [6.07, 6.45) is 1.08. The molecule has 1 aliphatic heterocycles. The second-order valence-corrected chi connectivity index (χ2v) is 7.58. The molecule has 7 nitrogen and oxygen atoms in total. The van der Waals surface area contributed by atoms with E-state index in [1.54, 1.807) is 12.3 Å². The first-order valence-corrected chi connectivity index (χ1v) is 9.34. The average molecular weight is 391 g/mol. The maximum absolute atomic E-state index is 13.1. The van der Waals surface area contributed by atoms with Gasteiger partial charge in [-0.15, -0.1) is 0 Å². The highest BCUT2D eigenvalue weighted by Gasteiger charge is 2.43. The van der Waals surface area contributed by atoms with Crippen LogP contribution in [0.1, 0.15) is 17.5 Å². The van der Waals surface area contributed by atoms with E-state index in [2.05, 4.69) is 20.6 Å². The predicted octanol–water partition coefficient (Wildman–Crippen LogP) is 2.98. The Kier molecular flexibility index (Phi) is 3.77. The van der Waals surface area contributed by atoms with E-state index in [-0.39, 0.29) is 18.2 Å². The Hall–Kier alpha value is -3.55. The van der Waals surface area contributed by atoms with Crippen molar-refractivity contribution in [2.45, 2.75) is 25.9 Å². The molecule has 2 amide bonds. The summed E-state index contributed by atoms with van der Waals surface area (Å²) in [5, 5.41) is 6.93. The number of carbonyl (C=O) groups is 2. The number of carbonyl (C=O) groups excluding carboxylic acids is 2. The Morgan fingerprint density at radius 2 is 2.10 bits per heavy atom. The van der Waals surface area contributed by atoms with Gasteiger partial charge >= 0.3 is 0 Å². The molecule has 0 bridgehead atoms. The fourth-order valence-corrected chi connectivity index (χ4v) is 3.69. The van der Waals surface area contributed by atoms with Crippen molar-refractivity contribution >= 4 is 39.9 Å². The predicted molar refractivity (Wildman–Crippen MR) is 108 cm³/mol. The maximum Gasteiger partial charge on any atom is 0.231 e. The van der Waals surface area contributed by atoms with Crippen LogP contribution in [0.15, 0.2) is 30.5 Å². The number of halogens is 1. The quantitative estimate of drug-likeness (QED) is 0.636. The minimum absolute atomic E-state index is 0.0276. The van der Waals surface area contributed by atoms with Crippen molar-refractivity contribution in [3.05, 3.63) is 41.6 Å². The molecule has 3 heterocycles. The second kappa shape index (κ2) is 6.23. The molecule has 2 aliphatic rings. The fraction of sp³-hybridized carbons (Fsp3) is 0.238. The number of nitrogen functional groups attached to an aromatic ring is 1. The third-order valence-corrected chi connectivity index (χ3v) is 5.40. The lowest BCUT2D eigenvalue weighted by molar-refractivity contribution is -0.117. The maximum atomic E-state index is 13.1. The highest BCUT2D eigenvalue weighted by Crippen LogP contribution is 2.36. The lowest BCUT2D eigenvalue weighted by Gasteiger charge is -2.12. The Labute approximate surface area is 165 Å². The normalized spacial score (nSPS) is 19.7. The van der Waals surface area contributed by atoms with Crippen molar-refractivity contribution in [1.29, 1.82) is 0 Å². The number of pyridine rings is 2. The van der Waals surface area contributed by atoms with Crippen LogP contribution in [0, 0.1) is 12.8 Å². The highest BCUT2D eigenvalue weighted by atomic mass is 19.1. The molecule has 0 unspecified atom stereocenters. The lowest BCUT2D eigenvalue weighted by Crippen LogP contribution is -2.15. The molecule has 5 rings (SSSR count). The summed E-state index contributed by atoms with van der Waals surface area (Å²) in [5.74, 6) is -0.309. The molecule has 1 aromatic carbocycles. The number of nitrogens with two attached hydrogens (primary N) is 1. The summed E-state index contributed by atoms with van der Waals surface area (Å²) in [7, 11) is 0. The molecule has 2 atom stereocenters. The van der Waals surface area contributed by atoms with Gasteiger partial charge in [0.05, 0.1) is 18.0 Å². The number of hydrogen-bond acceptors (Lipinski definition) is 5. The zero-order valence-electron chi connectivity index (χ0n) is 15.6. The minimum Gasteiger partial charge on any atom is -0.383 e. The van der Waals surface area contributed by atoms with Crippen LogP contribution in [0.2, 0.25) is 0 Å². The number of alkyl halides is 1. The number of nitrogens with zero attached hydrogens (tertiary/aromatic N) is 2. The van der Waals surface area contributed by atoms with Crippen LogP contribution in [-0.4, -0.2) is 28.0 Å². The summed E-state index contributed by atoms with van der Waals surface area (Å²) in [4.78, 5) is 32.4. The number of hydrogen-bond donors (Lipinski definition) is 3. The number of aromatic nitrogens is 2. The average Bonchev–Trinajstić information content (AvgIpc) is 3.29. The SMILES string of the molecule is Cc1cc2c(cc1-c1cc3cc(NC(=O)[C@@H]4C[C@@H]4F)ncc3c(N)n1)CC(=O)N2. The zero-order valence-corrected chi connectivity index (χ0v) is 15.6. The Bertz CT molecular complexity index is 1210. The van der Waals surface area contributed by atoms with E-state index >= 15 is 0 Å². The van der Waals surface area contributed by atoms with E-state index in [4.69, 9.17) is 5.73 Å². The Morgan fingerprint density at radius 3 is 2.86 bits per heavy atom.